The van der Waals surface area contributed by atoms with Crippen molar-refractivity contribution in [3.63, 3.8) is 0 Å². The third kappa shape index (κ3) is 5.76. The summed E-state index contributed by atoms with van der Waals surface area (Å²) >= 11 is 0. The number of unbranched alkanes of at least 4 members (excludes halogenated alkanes) is 5. The van der Waals surface area contributed by atoms with Crippen molar-refractivity contribution in [3.8, 4) is 0 Å². The van der Waals surface area contributed by atoms with Crippen LogP contribution < -0.4 is 5.32 Å². The molecule has 1 fully saturated rings. The van der Waals surface area contributed by atoms with Crippen LogP contribution in [-0.4, -0.2) is 18.6 Å². The normalized spacial score (nSPS) is 21.9. The van der Waals surface area contributed by atoms with E-state index in [0.29, 0.717) is 0 Å². The van der Waals surface area contributed by atoms with Gasteiger partial charge in [0.05, 0.1) is 5.57 Å². The zero-order valence-electron chi connectivity index (χ0n) is 11.1. The van der Waals surface area contributed by atoms with E-state index in [2.05, 4.69) is 12.2 Å². The molecule has 0 bridgehead atoms. The zero-order valence-corrected chi connectivity index (χ0v) is 11.1. The highest BCUT2D eigenvalue weighted by molar-refractivity contribution is 5.90. The van der Waals surface area contributed by atoms with Gasteiger partial charge in [-0.15, -0.1) is 0 Å². The van der Waals surface area contributed by atoms with Gasteiger partial charge in [-0.2, -0.15) is 0 Å². The molecule has 0 spiro atoms. The minimum Gasteiger partial charge on any atom is -0.459 e. The first kappa shape index (κ1) is 14.1. The summed E-state index contributed by atoms with van der Waals surface area (Å²) in [4.78, 5) is 11.3. The molecule has 1 rings (SSSR count). The van der Waals surface area contributed by atoms with E-state index in [1.165, 1.54) is 38.5 Å². The first-order valence-corrected chi connectivity index (χ1v) is 6.87. The molecule has 0 aromatic carbocycles. The van der Waals surface area contributed by atoms with Crippen molar-refractivity contribution in [3.05, 3.63) is 11.8 Å². The quantitative estimate of drug-likeness (QED) is 0.402. The molecule has 1 unspecified atom stereocenters. The van der Waals surface area contributed by atoms with Crippen LogP contribution in [0, 0.1) is 0 Å². The van der Waals surface area contributed by atoms with Crippen LogP contribution in [0.1, 0.15) is 58.8 Å². The first-order valence-electron chi connectivity index (χ1n) is 6.87. The molecule has 1 aliphatic heterocycles. The monoisotopic (exact) mass is 239 g/mol. The smallest absolute Gasteiger partial charge is 0.335 e. The van der Waals surface area contributed by atoms with Crippen LogP contribution in [-0.2, 0) is 9.53 Å². The van der Waals surface area contributed by atoms with Crippen molar-refractivity contribution in [2.45, 2.75) is 64.9 Å². The number of cyclic esters (lactones) is 1. The first-order chi connectivity index (χ1) is 8.24. The molecule has 98 valence electrons. The molecular weight excluding hydrogens is 214 g/mol. The van der Waals surface area contributed by atoms with Gasteiger partial charge in [0.1, 0.15) is 6.10 Å². The Morgan fingerprint density at radius 1 is 1.29 bits per heavy atom. The number of nitrogens with one attached hydrogen (secondary N) is 1. The summed E-state index contributed by atoms with van der Waals surface area (Å²) in [5.41, 5.74) is 0.781. The van der Waals surface area contributed by atoms with Crippen LogP contribution in [0.2, 0.25) is 0 Å². The van der Waals surface area contributed by atoms with E-state index < -0.39 is 0 Å². The zero-order chi connectivity index (χ0) is 12.5. The van der Waals surface area contributed by atoms with Crippen molar-refractivity contribution >= 4 is 5.97 Å². The van der Waals surface area contributed by atoms with Gasteiger partial charge in [-0.1, -0.05) is 39.0 Å². The number of esters is 1. The highest BCUT2D eigenvalue weighted by Crippen LogP contribution is 2.18. The van der Waals surface area contributed by atoms with Gasteiger partial charge in [0.25, 0.3) is 0 Å². The maximum Gasteiger partial charge on any atom is 0.335 e. The lowest BCUT2D eigenvalue weighted by molar-refractivity contribution is -0.138. The number of hydrogen-bond acceptors (Lipinski definition) is 3. The molecule has 17 heavy (non-hydrogen) atoms. The number of carbonyl (C=O) groups is 1. The fourth-order valence-corrected chi connectivity index (χ4v) is 2.01. The molecule has 1 heterocycles. The van der Waals surface area contributed by atoms with E-state index in [1.54, 1.807) is 0 Å². The number of ether oxygens (including phenoxy) is 1. The second-order valence-electron chi connectivity index (χ2n) is 4.81. The molecule has 0 aromatic rings. The lowest BCUT2D eigenvalue weighted by Crippen LogP contribution is -2.09. The molecule has 0 saturated carbocycles. The average Bonchev–Trinajstić information content (AvgIpc) is 2.61. The molecule has 0 aromatic heterocycles. The number of hydrogen-bond donors (Lipinski definition) is 1. The van der Waals surface area contributed by atoms with Gasteiger partial charge >= 0.3 is 5.97 Å². The Hall–Kier alpha value is -0.990. The van der Waals surface area contributed by atoms with Crippen molar-refractivity contribution in [1.29, 1.82) is 0 Å². The van der Waals surface area contributed by atoms with Gasteiger partial charge in [-0.05, 0) is 13.3 Å². The highest BCUT2D eigenvalue weighted by Gasteiger charge is 2.24. The molecule has 3 nitrogen and oxygen atoms in total. The average molecular weight is 239 g/mol. The Labute approximate surface area is 105 Å². The van der Waals surface area contributed by atoms with Crippen molar-refractivity contribution in [1.82, 2.24) is 5.32 Å². The lowest BCUT2D eigenvalue weighted by atomic mass is 10.1. The molecule has 0 aliphatic carbocycles. The number of rotatable bonds is 8. The SMILES string of the molecule is CCCCCCCCN/C=C1/CC(C)OC1=O. The summed E-state index contributed by atoms with van der Waals surface area (Å²) in [6.45, 7) is 5.11. The lowest BCUT2D eigenvalue weighted by Gasteiger charge is -2.01. The van der Waals surface area contributed by atoms with Gasteiger partial charge in [-0.3, -0.25) is 0 Å². The van der Waals surface area contributed by atoms with Gasteiger partial charge in [-0.25, -0.2) is 4.79 Å². The summed E-state index contributed by atoms with van der Waals surface area (Å²) in [5.74, 6) is -0.159. The van der Waals surface area contributed by atoms with E-state index >= 15 is 0 Å². The predicted molar refractivity (Wildman–Crippen MR) is 69.6 cm³/mol. The Bertz CT molecular complexity index is 261. The molecule has 3 heteroatoms. The Kier molecular flexibility index (Phi) is 6.75. The number of carbonyl (C=O) groups excluding carboxylic acids is 1. The van der Waals surface area contributed by atoms with Crippen LogP contribution in [0.5, 0.6) is 0 Å². The van der Waals surface area contributed by atoms with Gasteiger partial charge < -0.3 is 10.1 Å². The fourth-order valence-electron chi connectivity index (χ4n) is 2.01. The van der Waals surface area contributed by atoms with Gasteiger partial charge in [0, 0.05) is 19.2 Å². The van der Waals surface area contributed by atoms with Crippen LogP contribution >= 0.6 is 0 Å². The third-order valence-corrected chi connectivity index (χ3v) is 3.03. The standard InChI is InChI=1S/C14H25NO2/c1-3-4-5-6-7-8-9-15-11-13-10-12(2)17-14(13)16/h11-12,15H,3-10H2,1-2H3/b13-11-. The maximum absolute atomic E-state index is 11.3. The summed E-state index contributed by atoms with van der Waals surface area (Å²) in [5, 5.41) is 3.21. The molecular formula is C14H25NO2. The largest absolute Gasteiger partial charge is 0.459 e. The Morgan fingerprint density at radius 2 is 2.00 bits per heavy atom. The van der Waals surface area contributed by atoms with Crippen molar-refractivity contribution in [2.24, 2.45) is 0 Å². The van der Waals surface area contributed by atoms with Crippen molar-refractivity contribution < 1.29 is 9.53 Å². The van der Waals surface area contributed by atoms with Crippen LogP contribution in [0.4, 0.5) is 0 Å². The summed E-state index contributed by atoms with van der Waals surface area (Å²) in [6.07, 6.45) is 10.4. The Balaban J connectivity index is 2.00. The Morgan fingerprint density at radius 3 is 2.65 bits per heavy atom. The van der Waals surface area contributed by atoms with E-state index in [1.807, 2.05) is 13.1 Å². The van der Waals surface area contributed by atoms with Crippen LogP contribution in [0.15, 0.2) is 11.8 Å². The van der Waals surface area contributed by atoms with E-state index in [9.17, 15) is 4.79 Å². The van der Waals surface area contributed by atoms with Crippen molar-refractivity contribution in [2.75, 3.05) is 6.54 Å². The van der Waals surface area contributed by atoms with Gasteiger partial charge in [0.15, 0.2) is 0 Å². The molecule has 1 aliphatic rings. The van der Waals surface area contributed by atoms with E-state index in [-0.39, 0.29) is 12.1 Å². The molecule has 1 N–H and O–H groups in total. The topological polar surface area (TPSA) is 38.3 Å². The molecule has 0 amide bonds. The van der Waals surface area contributed by atoms with E-state index in [0.717, 1.165) is 18.5 Å². The minimum atomic E-state index is -0.159. The minimum absolute atomic E-state index is 0.0459. The second-order valence-corrected chi connectivity index (χ2v) is 4.81. The van der Waals surface area contributed by atoms with Crippen LogP contribution in [0.3, 0.4) is 0 Å². The van der Waals surface area contributed by atoms with E-state index in [4.69, 9.17) is 4.74 Å². The van der Waals surface area contributed by atoms with Gasteiger partial charge in [0.2, 0.25) is 0 Å². The van der Waals surface area contributed by atoms with Crippen LogP contribution in [0.25, 0.3) is 0 Å². The summed E-state index contributed by atoms with van der Waals surface area (Å²) in [7, 11) is 0. The second kappa shape index (κ2) is 8.15. The summed E-state index contributed by atoms with van der Waals surface area (Å²) < 4.78 is 5.05. The fraction of sp³-hybridized carbons (Fsp3) is 0.786. The highest BCUT2D eigenvalue weighted by atomic mass is 16.5. The molecule has 0 radical (unpaired) electrons. The molecule has 1 saturated heterocycles. The summed E-state index contributed by atoms with van der Waals surface area (Å²) in [6, 6.07) is 0. The molecule has 1 atom stereocenters. The third-order valence-electron chi connectivity index (χ3n) is 3.03. The predicted octanol–water partition coefficient (Wildman–Crippen LogP) is 3.16. The maximum atomic E-state index is 11.3.